The van der Waals surface area contributed by atoms with Crippen LogP contribution in [-0.2, 0) is 19.6 Å². The normalized spacial score (nSPS) is 11.1. The van der Waals surface area contributed by atoms with Crippen molar-refractivity contribution in [2.24, 2.45) is 0 Å². The van der Waals surface area contributed by atoms with Crippen molar-refractivity contribution >= 4 is 27.6 Å². The molecule has 0 amide bonds. The molecule has 0 radical (unpaired) electrons. The van der Waals surface area contributed by atoms with E-state index >= 15 is 0 Å². The topological polar surface area (TPSA) is 72.5 Å². The summed E-state index contributed by atoms with van der Waals surface area (Å²) in [7, 11) is -2.51. The SMILES string of the molecule is COC(=O)CNS(=O)(=O)c1ccc(Cl)cc1. The van der Waals surface area contributed by atoms with Gasteiger partial charge in [0.05, 0.1) is 12.0 Å². The van der Waals surface area contributed by atoms with E-state index in [1.54, 1.807) is 0 Å². The molecule has 88 valence electrons. The summed E-state index contributed by atoms with van der Waals surface area (Å²) in [4.78, 5) is 10.8. The second-order valence-electron chi connectivity index (χ2n) is 2.85. The average Bonchev–Trinajstić information content (AvgIpc) is 2.26. The van der Waals surface area contributed by atoms with Crippen LogP contribution in [0.15, 0.2) is 29.2 Å². The number of nitrogens with one attached hydrogen (secondary N) is 1. The van der Waals surface area contributed by atoms with Gasteiger partial charge in [0.25, 0.3) is 0 Å². The Morgan fingerprint density at radius 1 is 1.38 bits per heavy atom. The first-order valence-corrected chi connectivity index (χ1v) is 6.14. The number of sulfonamides is 1. The number of esters is 1. The Morgan fingerprint density at radius 3 is 2.44 bits per heavy atom. The fourth-order valence-electron chi connectivity index (χ4n) is 0.923. The molecule has 1 N–H and O–H groups in total. The Kier molecular flexibility index (Phi) is 4.28. The number of hydrogen-bond donors (Lipinski definition) is 1. The lowest BCUT2D eigenvalue weighted by molar-refractivity contribution is -0.139. The van der Waals surface area contributed by atoms with Crippen molar-refractivity contribution in [1.29, 1.82) is 0 Å². The Morgan fingerprint density at radius 2 is 1.94 bits per heavy atom. The lowest BCUT2D eigenvalue weighted by atomic mass is 10.4. The summed E-state index contributed by atoms with van der Waals surface area (Å²) in [6.45, 7) is -0.401. The Labute approximate surface area is 98.4 Å². The fourth-order valence-corrected chi connectivity index (χ4v) is 2.02. The Bertz CT molecular complexity index is 469. The molecule has 7 heteroatoms. The summed E-state index contributed by atoms with van der Waals surface area (Å²) in [5.74, 6) is -0.655. The minimum Gasteiger partial charge on any atom is -0.468 e. The summed E-state index contributed by atoms with van der Waals surface area (Å²) >= 11 is 5.62. The van der Waals surface area contributed by atoms with Gasteiger partial charge in [0.1, 0.15) is 6.54 Å². The van der Waals surface area contributed by atoms with Gasteiger partial charge in [-0.3, -0.25) is 4.79 Å². The second-order valence-corrected chi connectivity index (χ2v) is 5.06. The van der Waals surface area contributed by atoms with Gasteiger partial charge >= 0.3 is 5.97 Å². The minimum atomic E-state index is -3.69. The summed E-state index contributed by atoms with van der Waals surface area (Å²) < 4.78 is 29.6. The molecule has 0 aliphatic carbocycles. The highest BCUT2D eigenvalue weighted by molar-refractivity contribution is 7.89. The Balaban J connectivity index is 2.78. The molecule has 1 aromatic carbocycles. The van der Waals surface area contributed by atoms with E-state index in [0.717, 1.165) is 0 Å². The monoisotopic (exact) mass is 263 g/mol. The predicted octanol–water partition coefficient (Wildman–Crippen LogP) is 0.791. The van der Waals surface area contributed by atoms with E-state index in [4.69, 9.17) is 11.6 Å². The summed E-state index contributed by atoms with van der Waals surface area (Å²) in [5, 5.41) is 0.437. The maximum absolute atomic E-state index is 11.6. The highest BCUT2D eigenvalue weighted by atomic mass is 35.5. The van der Waals surface area contributed by atoms with E-state index in [9.17, 15) is 13.2 Å². The largest absolute Gasteiger partial charge is 0.468 e. The zero-order chi connectivity index (χ0) is 12.2. The Hall–Kier alpha value is -1.11. The molecule has 0 aliphatic rings. The molecule has 5 nitrogen and oxygen atoms in total. The first-order valence-electron chi connectivity index (χ1n) is 4.28. The van der Waals surface area contributed by atoms with Crippen LogP contribution in [0.3, 0.4) is 0 Å². The van der Waals surface area contributed by atoms with Crippen molar-refractivity contribution in [1.82, 2.24) is 4.72 Å². The molecule has 0 atom stereocenters. The molecular weight excluding hydrogens is 254 g/mol. The molecule has 0 bridgehead atoms. The third-order valence-electron chi connectivity index (χ3n) is 1.76. The van der Waals surface area contributed by atoms with Crippen LogP contribution >= 0.6 is 11.6 Å². The third kappa shape index (κ3) is 3.48. The van der Waals surface area contributed by atoms with Gasteiger partial charge in [-0.2, -0.15) is 4.72 Å². The zero-order valence-corrected chi connectivity index (χ0v) is 10.0. The van der Waals surface area contributed by atoms with Crippen molar-refractivity contribution in [3.05, 3.63) is 29.3 Å². The maximum atomic E-state index is 11.6. The maximum Gasteiger partial charge on any atom is 0.320 e. The van der Waals surface area contributed by atoms with E-state index < -0.39 is 22.5 Å². The van der Waals surface area contributed by atoms with Gasteiger partial charge in [0.15, 0.2) is 0 Å². The van der Waals surface area contributed by atoms with E-state index in [-0.39, 0.29) is 4.90 Å². The minimum absolute atomic E-state index is 0.0424. The van der Waals surface area contributed by atoms with Crippen LogP contribution in [0.25, 0.3) is 0 Å². The number of halogens is 1. The molecule has 0 saturated carbocycles. The van der Waals surface area contributed by atoms with Crippen LogP contribution < -0.4 is 4.72 Å². The number of hydrogen-bond acceptors (Lipinski definition) is 4. The molecule has 0 fully saturated rings. The first kappa shape index (κ1) is 13.0. The van der Waals surface area contributed by atoms with Crippen molar-refractivity contribution in [2.45, 2.75) is 4.90 Å². The van der Waals surface area contributed by atoms with Crippen LogP contribution in [0.5, 0.6) is 0 Å². The first-order chi connectivity index (χ1) is 7.45. The quantitative estimate of drug-likeness (QED) is 0.816. The van der Waals surface area contributed by atoms with E-state index in [2.05, 4.69) is 9.46 Å². The van der Waals surface area contributed by atoms with Crippen LogP contribution in [0, 0.1) is 0 Å². The average molecular weight is 264 g/mol. The highest BCUT2D eigenvalue weighted by Crippen LogP contribution is 2.13. The van der Waals surface area contributed by atoms with Crippen LogP contribution in [0.2, 0.25) is 5.02 Å². The van der Waals surface area contributed by atoms with Gasteiger partial charge < -0.3 is 4.74 Å². The summed E-state index contributed by atoms with van der Waals surface area (Å²) in [5.41, 5.74) is 0. The van der Waals surface area contributed by atoms with Crippen molar-refractivity contribution in [3.63, 3.8) is 0 Å². The molecule has 0 aliphatic heterocycles. The number of rotatable bonds is 4. The lowest BCUT2D eigenvalue weighted by Gasteiger charge is -2.05. The van der Waals surface area contributed by atoms with Gasteiger partial charge in [0, 0.05) is 5.02 Å². The van der Waals surface area contributed by atoms with Crippen molar-refractivity contribution < 1.29 is 17.9 Å². The smallest absolute Gasteiger partial charge is 0.320 e. The van der Waals surface area contributed by atoms with E-state index in [1.807, 2.05) is 0 Å². The number of carbonyl (C=O) groups excluding carboxylic acids is 1. The number of carbonyl (C=O) groups is 1. The molecule has 0 saturated heterocycles. The van der Waals surface area contributed by atoms with Gasteiger partial charge in [-0.05, 0) is 24.3 Å². The van der Waals surface area contributed by atoms with Crippen LogP contribution in [0.4, 0.5) is 0 Å². The van der Waals surface area contributed by atoms with E-state index in [0.29, 0.717) is 5.02 Å². The number of benzene rings is 1. The van der Waals surface area contributed by atoms with Crippen molar-refractivity contribution in [2.75, 3.05) is 13.7 Å². The zero-order valence-electron chi connectivity index (χ0n) is 8.44. The number of ether oxygens (including phenoxy) is 1. The molecule has 1 rings (SSSR count). The molecule has 0 spiro atoms. The predicted molar refractivity (Wildman–Crippen MR) is 58.7 cm³/mol. The van der Waals surface area contributed by atoms with Gasteiger partial charge in [-0.15, -0.1) is 0 Å². The third-order valence-corrected chi connectivity index (χ3v) is 3.43. The molecule has 0 unspecified atom stereocenters. The molecule has 0 heterocycles. The number of methoxy groups -OCH3 is 1. The van der Waals surface area contributed by atoms with Gasteiger partial charge in [-0.25, -0.2) is 8.42 Å². The van der Waals surface area contributed by atoms with Crippen LogP contribution in [-0.4, -0.2) is 28.0 Å². The standard InChI is InChI=1S/C9H10ClNO4S/c1-15-9(12)6-11-16(13,14)8-4-2-7(10)3-5-8/h2-5,11H,6H2,1H3. The molecule has 16 heavy (non-hydrogen) atoms. The summed E-state index contributed by atoms with van der Waals surface area (Å²) in [6, 6.07) is 5.60. The lowest BCUT2D eigenvalue weighted by Crippen LogP contribution is -2.30. The fraction of sp³-hybridized carbons (Fsp3) is 0.222. The van der Waals surface area contributed by atoms with Gasteiger partial charge in [-0.1, -0.05) is 11.6 Å². The van der Waals surface area contributed by atoms with E-state index in [1.165, 1.54) is 31.4 Å². The molecule has 0 aromatic heterocycles. The second kappa shape index (κ2) is 5.29. The van der Waals surface area contributed by atoms with Crippen LogP contribution in [0.1, 0.15) is 0 Å². The van der Waals surface area contributed by atoms with Gasteiger partial charge in [0.2, 0.25) is 10.0 Å². The highest BCUT2D eigenvalue weighted by Gasteiger charge is 2.15. The summed E-state index contributed by atoms with van der Waals surface area (Å²) in [6.07, 6.45) is 0. The molecule has 1 aromatic rings. The van der Waals surface area contributed by atoms with Crippen molar-refractivity contribution in [3.8, 4) is 0 Å². The molecular formula is C9H10ClNO4S.